The largest absolute Gasteiger partial charge is 0.497 e. The van der Waals surface area contributed by atoms with Crippen molar-refractivity contribution in [2.75, 3.05) is 31.0 Å². The van der Waals surface area contributed by atoms with Gasteiger partial charge in [-0.05, 0) is 36.5 Å². The van der Waals surface area contributed by atoms with Crippen LogP contribution in [0.5, 0.6) is 11.5 Å². The van der Waals surface area contributed by atoms with Gasteiger partial charge >= 0.3 is 0 Å². The predicted octanol–water partition coefficient (Wildman–Crippen LogP) is 3.82. The lowest BCUT2D eigenvalue weighted by Crippen LogP contribution is -2.35. The molecule has 0 spiro atoms. The second kappa shape index (κ2) is 8.75. The number of nitrogens with one attached hydrogen (secondary N) is 1. The molecule has 0 radical (unpaired) electrons. The van der Waals surface area contributed by atoms with E-state index in [9.17, 15) is 0 Å². The molecule has 0 saturated heterocycles. The summed E-state index contributed by atoms with van der Waals surface area (Å²) in [6.45, 7) is 0.465. The van der Waals surface area contributed by atoms with E-state index in [2.05, 4.69) is 11.4 Å². The van der Waals surface area contributed by atoms with Gasteiger partial charge in [-0.2, -0.15) is 5.26 Å². The van der Waals surface area contributed by atoms with Gasteiger partial charge in [0.15, 0.2) is 5.11 Å². The number of nitrogens with zero attached hydrogens (tertiary/aromatic N) is 2. The van der Waals surface area contributed by atoms with E-state index in [0.717, 1.165) is 17.1 Å². The molecule has 2 aromatic rings. The molecule has 124 valence electrons. The molecule has 0 fully saturated rings. The molecular weight excluding hydrogens is 322 g/mol. The van der Waals surface area contributed by atoms with E-state index in [-0.39, 0.29) is 0 Å². The van der Waals surface area contributed by atoms with E-state index < -0.39 is 0 Å². The Balaban J connectivity index is 2.26. The summed E-state index contributed by atoms with van der Waals surface area (Å²) in [5.74, 6) is 1.44. The van der Waals surface area contributed by atoms with Crippen molar-refractivity contribution < 1.29 is 9.47 Å². The van der Waals surface area contributed by atoms with E-state index >= 15 is 0 Å². The summed E-state index contributed by atoms with van der Waals surface area (Å²) in [5, 5.41) is 12.6. The molecule has 0 aliphatic heterocycles. The Labute approximate surface area is 147 Å². The molecule has 0 atom stereocenters. The van der Waals surface area contributed by atoms with E-state index in [4.69, 9.17) is 27.0 Å². The Bertz CT molecular complexity index is 743. The van der Waals surface area contributed by atoms with E-state index in [1.54, 1.807) is 14.2 Å². The van der Waals surface area contributed by atoms with Gasteiger partial charge in [0.05, 0.1) is 32.4 Å². The molecule has 1 N–H and O–H groups in total. The fourth-order valence-electron chi connectivity index (χ4n) is 2.24. The Morgan fingerprint density at radius 2 is 1.96 bits per heavy atom. The number of para-hydroxylation sites is 2. The highest BCUT2D eigenvalue weighted by molar-refractivity contribution is 7.80. The zero-order valence-electron chi connectivity index (χ0n) is 13.7. The van der Waals surface area contributed by atoms with Crippen molar-refractivity contribution in [3.05, 3.63) is 48.5 Å². The number of ether oxygens (including phenoxy) is 2. The van der Waals surface area contributed by atoms with Crippen LogP contribution in [-0.2, 0) is 0 Å². The van der Waals surface area contributed by atoms with Crippen molar-refractivity contribution in [3.63, 3.8) is 0 Å². The highest BCUT2D eigenvalue weighted by atomic mass is 32.1. The Hall–Kier alpha value is -2.78. The van der Waals surface area contributed by atoms with E-state index in [0.29, 0.717) is 23.8 Å². The van der Waals surface area contributed by atoms with Crippen LogP contribution in [0, 0.1) is 11.3 Å². The molecule has 0 unspecified atom stereocenters. The van der Waals surface area contributed by atoms with Crippen molar-refractivity contribution in [3.8, 4) is 17.6 Å². The molecule has 2 aromatic carbocycles. The van der Waals surface area contributed by atoms with Crippen LogP contribution in [0.15, 0.2) is 48.5 Å². The summed E-state index contributed by atoms with van der Waals surface area (Å²) in [6, 6.07) is 17.2. The van der Waals surface area contributed by atoms with Gasteiger partial charge in [0, 0.05) is 18.3 Å². The third-order valence-corrected chi connectivity index (χ3v) is 3.71. The van der Waals surface area contributed by atoms with Gasteiger partial charge in [-0.15, -0.1) is 0 Å². The van der Waals surface area contributed by atoms with Crippen LogP contribution in [0.2, 0.25) is 0 Å². The van der Waals surface area contributed by atoms with Gasteiger partial charge in [0.2, 0.25) is 0 Å². The van der Waals surface area contributed by atoms with Gasteiger partial charge in [0.25, 0.3) is 0 Å². The number of hydrogen-bond donors (Lipinski definition) is 1. The average Bonchev–Trinajstić information content (AvgIpc) is 2.62. The van der Waals surface area contributed by atoms with Crippen LogP contribution in [0.3, 0.4) is 0 Å². The summed E-state index contributed by atoms with van der Waals surface area (Å²) >= 11 is 5.55. The lowest BCUT2D eigenvalue weighted by atomic mass is 10.2. The number of methoxy groups -OCH3 is 2. The summed E-state index contributed by atoms with van der Waals surface area (Å²) in [7, 11) is 3.23. The van der Waals surface area contributed by atoms with Crippen molar-refractivity contribution in [2.45, 2.75) is 6.42 Å². The lowest BCUT2D eigenvalue weighted by Gasteiger charge is -2.26. The number of thiocarbonyl (C=S) groups is 1. The highest BCUT2D eigenvalue weighted by Crippen LogP contribution is 2.28. The molecule has 6 heteroatoms. The maximum atomic E-state index is 8.94. The predicted molar refractivity (Wildman–Crippen MR) is 99.8 cm³/mol. The van der Waals surface area contributed by atoms with Crippen molar-refractivity contribution >= 4 is 28.7 Å². The van der Waals surface area contributed by atoms with Gasteiger partial charge in [0.1, 0.15) is 11.5 Å². The van der Waals surface area contributed by atoms with Crippen LogP contribution in [0.1, 0.15) is 6.42 Å². The number of hydrogen-bond acceptors (Lipinski definition) is 4. The van der Waals surface area contributed by atoms with Crippen LogP contribution >= 0.6 is 12.2 Å². The fourth-order valence-corrected chi connectivity index (χ4v) is 2.55. The molecule has 0 amide bonds. The number of benzene rings is 2. The van der Waals surface area contributed by atoms with Crippen molar-refractivity contribution in [2.24, 2.45) is 0 Å². The molecule has 0 heterocycles. The fraction of sp³-hybridized carbons (Fsp3) is 0.222. The lowest BCUT2D eigenvalue weighted by molar-refractivity contribution is 0.415. The molecule has 24 heavy (non-hydrogen) atoms. The van der Waals surface area contributed by atoms with Gasteiger partial charge in [-0.1, -0.05) is 18.2 Å². The third-order valence-electron chi connectivity index (χ3n) is 3.39. The summed E-state index contributed by atoms with van der Waals surface area (Å²) in [5.41, 5.74) is 1.63. The first-order chi connectivity index (χ1) is 11.7. The normalized spacial score (nSPS) is 9.71. The van der Waals surface area contributed by atoms with Crippen LogP contribution in [0.25, 0.3) is 0 Å². The maximum absolute atomic E-state index is 8.94. The first-order valence-electron chi connectivity index (χ1n) is 7.42. The third kappa shape index (κ3) is 4.37. The number of nitriles is 1. The summed E-state index contributed by atoms with van der Waals surface area (Å²) < 4.78 is 10.6. The topological polar surface area (TPSA) is 57.5 Å². The average molecular weight is 341 g/mol. The minimum Gasteiger partial charge on any atom is -0.497 e. The number of anilines is 2. The second-order valence-corrected chi connectivity index (χ2v) is 5.28. The van der Waals surface area contributed by atoms with Gasteiger partial charge < -0.3 is 19.7 Å². The SMILES string of the molecule is COc1cccc(NC(=S)N(CCC#N)c2ccccc2OC)c1. The van der Waals surface area contributed by atoms with Crippen molar-refractivity contribution in [1.82, 2.24) is 0 Å². The Kier molecular flexibility index (Phi) is 6.41. The van der Waals surface area contributed by atoms with Crippen LogP contribution < -0.4 is 19.7 Å². The maximum Gasteiger partial charge on any atom is 0.178 e. The molecule has 0 aliphatic rings. The first-order valence-corrected chi connectivity index (χ1v) is 7.83. The van der Waals surface area contributed by atoms with Crippen molar-refractivity contribution in [1.29, 1.82) is 5.26 Å². The van der Waals surface area contributed by atoms with E-state index in [1.165, 1.54) is 0 Å². The van der Waals surface area contributed by atoms with E-state index in [1.807, 2.05) is 53.4 Å². The first kappa shape index (κ1) is 17.6. The number of rotatable bonds is 6. The Morgan fingerprint density at radius 1 is 1.17 bits per heavy atom. The van der Waals surface area contributed by atoms with Gasteiger partial charge in [-0.25, -0.2) is 0 Å². The molecule has 0 saturated carbocycles. The molecule has 0 aliphatic carbocycles. The molecule has 0 bridgehead atoms. The second-order valence-electron chi connectivity index (χ2n) is 4.89. The molecular formula is C18H19N3O2S. The van der Waals surface area contributed by atoms with Gasteiger partial charge in [-0.3, -0.25) is 0 Å². The monoisotopic (exact) mass is 341 g/mol. The highest BCUT2D eigenvalue weighted by Gasteiger charge is 2.16. The quantitative estimate of drug-likeness (QED) is 0.806. The molecule has 5 nitrogen and oxygen atoms in total. The summed E-state index contributed by atoms with van der Waals surface area (Å²) in [6.07, 6.45) is 0.345. The van der Waals surface area contributed by atoms with Crippen LogP contribution in [0.4, 0.5) is 11.4 Å². The minimum absolute atomic E-state index is 0.345. The zero-order valence-corrected chi connectivity index (χ0v) is 14.5. The molecule has 0 aromatic heterocycles. The smallest absolute Gasteiger partial charge is 0.178 e. The Morgan fingerprint density at radius 3 is 2.67 bits per heavy atom. The minimum atomic E-state index is 0.345. The van der Waals surface area contributed by atoms with Crippen LogP contribution in [-0.4, -0.2) is 25.9 Å². The summed E-state index contributed by atoms with van der Waals surface area (Å²) in [4.78, 5) is 1.86. The standard InChI is InChI=1S/C18H19N3O2S/c1-22-15-8-5-7-14(13-15)20-18(24)21(12-6-11-19)16-9-3-4-10-17(16)23-2/h3-5,7-10,13H,6,12H2,1-2H3,(H,20,24). The molecule has 2 rings (SSSR count). The zero-order chi connectivity index (χ0) is 17.4.